The molecule has 3 aliphatic rings. The summed E-state index contributed by atoms with van der Waals surface area (Å²) in [6.07, 6.45) is 8.76. The van der Waals surface area contributed by atoms with Crippen LogP contribution in [0, 0.1) is 5.92 Å². The van der Waals surface area contributed by atoms with Crippen LogP contribution in [0.3, 0.4) is 0 Å². The number of aromatic nitrogens is 4. The summed E-state index contributed by atoms with van der Waals surface area (Å²) in [7, 11) is 0. The molecule has 2 aliphatic carbocycles. The van der Waals surface area contributed by atoms with Gasteiger partial charge in [-0.1, -0.05) is 0 Å². The van der Waals surface area contributed by atoms with E-state index in [0.717, 1.165) is 56.2 Å². The van der Waals surface area contributed by atoms with E-state index in [2.05, 4.69) is 15.0 Å². The molecular formula is C20H25N5O. The van der Waals surface area contributed by atoms with Crippen LogP contribution in [0.5, 0.6) is 0 Å². The topological polar surface area (TPSA) is 63.9 Å². The first kappa shape index (κ1) is 16.1. The van der Waals surface area contributed by atoms with Crippen molar-refractivity contribution in [2.45, 2.75) is 57.5 Å². The Balaban J connectivity index is 1.18. The van der Waals surface area contributed by atoms with Gasteiger partial charge in [0.25, 0.3) is 5.56 Å². The van der Waals surface area contributed by atoms with Crippen LogP contribution in [0.4, 0.5) is 0 Å². The van der Waals surface area contributed by atoms with Crippen molar-refractivity contribution in [2.75, 3.05) is 13.1 Å². The van der Waals surface area contributed by atoms with Gasteiger partial charge in [0.15, 0.2) is 0 Å². The first-order chi connectivity index (χ1) is 12.7. The maximum Gasteiger partial charge on any atom is 0.267 e. The van der Waals surface area contributed by atoms with Gasteiger partial charge in [0, 0.05) is 43.7 Å². The van der Waals surface area contributed by atoms with Crippen LogP contribution in [0.1, 0.15) is 54.4 Å². The van der Waals surface area contributed by atoms with Crippen molar-refractivity contribution < 1.29 is 0 Å². The van der Waals surface area contributed by atoms with E-state index < -0.39 is 0 Å². The fourth-order valence-corrected chi connectivity index (χ4v) is 4.17. The molecule has 6 nitrogen and oxygen atoms in total. The normalized spacial score (nSPS) is 20.6. The molecule has 26 heavy (non-hydrogen) atoms. The second-order valence-corrected chi connectivity index (χ2v) is 8.08. The van der Waals surface area contributed by atoms with Crippen molar-refractivity contribution in [3.8, 4) is 0 Å². The lowest BCUT2D eigenvalue weighted by atomic mass is 9.96. The van der Waals surface area contributed by atoms with Gasteiger partial charge in [-0.05, 0) is 50.2 Å². The molecule has 0 radical (unpaired) electrons. The van der Waals surface area contributed by atoms with E-state index in [1.165, 1.54) is 31.2 Å². The quantitative estimate of drug-likeness (QED) is 0.823. The zero-order valence-corrected chi connectivity index (χ0v) is 15.1. The smallest absolute Gasteiger partial charge is 0.267 e. The van der Waals surface area contributed by atoms with Gasteiger partial charge in [-0.15, -0.1) is 0 Å². The minimum Gasteiger partial charge on any atom is -0.297 e. The number of fused-ring (bicyclic) bond motifs is 1. The zero-order valence-electron chi connectivity index (χ0n) is 15.1. The minimum atomic E-state index is 0.0639. The SMILES string of the molecule is O=c1cc2c(nn1CC1CN(Cc3ccnc(C4CC4)n3)C1)CCCC2. The van der Waals surface area contributed by atoms with E-state index in [9.17, 15) is 4.79 Å². The van der Waals surface area contributed by atoms with E-state index >= 15 is 0 Å². The molecule has 0 aromatic carbocycles. The summed E-state index contributed by atoms with van der Waals surface area (Å²) < 4.78 is 1.70. The van der Waals surface area contributed by atoms with Crippen molar-refractivity contribution >= 4 is 0 Å². The Kier molecular flexibility index (Phi) is 4.08. The molecule has 2 aromatic rings. The van der Waals surface area contributed by atoms with E-state index in [0.29, 0.717) is 11.8 Å². The Bertz CT molecular complexity index is 867. The number of aryl methyl sites for hydroxylation is 2. The number of likely N-dealkylation sites (tertiary alicyclic amines) is 1. The van der Waals surface area contributed by atoms with Crippen LogP contribution in [-0.2, 0) is 25.9 Å². The third kappa shape index (κ3) is 3.30. The summed E-state index contributed by atoms with van der Waals surface area (Å²) in [5, 5.41) is 4.65. The molecule has 0 N–H and O–H groups in total. The molecule has 0 amide bonds. The highest BCUT2D eigenvalue weighted by Gasteiger charge is 2.29. The summed E-state index contributed by atoms with van der Waals surface area (Å²) in [6, 6.07) is 3.84. The molecular weight excluding hydrogens is 326 g/mol. The van der Waals surface area contributed by atoms with E-state index in [1.807, 2.05) is 18.3 Å². The maximum atomic E-state index is 12.3. The van der Waals surface area contributed by atoms with Gasteiger partial charge in [-0.3, -0.25) is 9.69 Å². The number of hydrogen-bond donors (Lipinski definition) is 0. The summed E-state index contributed by atoms with van der Waals surface area (Å²) >= 11 is 0. The first-order valence-corrected chi connectivity index (χ1v) is 9.89. The van der Waals surface area contributed by atoms with Crippen LogP contribution in [0.25, 0.3) is 0 Å². The van der Waals surface area contributed by atoms with Gasteiger partial charge < -0.3 is 0 Å². The third-order valence-corrected chi connectivity index (χ3v) is 5.80. The predicted octanol–water partition coefficient (Wildman–Crippen LogP) is 1.92. The summed E-state index contributed by atoms with van der Waals surface area (Å²) in [4.78, 5) is 23.8. The summed E-state index contributed by atoms with van der Waals surface area (Å²) in [5.74, 6) is 2.12. The van der Waals surface area contributed by atoms with E-state index in [1.54, 1.807) is 4.68 Å². The van der Waals surface area contributed by atoms with Crippen molar-refractivity contribution in [1.29, 1.82) is 0 Å². The fourth-order valence-electron chi connectivity index (χ4n) is 4.17. The van der Waals surface area contributed by atoms with Crippen LogP contribution in [0.15, 0.2) is 23.1 Å². The molecule has 1 aliphatic heterocycles. The average molecular weight is 351 g/mol. The highest BCUT2D eigenvalue weighted by atomic mass is 16.1. The lowest BCUT2D eigenvalue weighted by Crippen LogP contribution is -2.49. The van der Waals surface area contributed by atoms with Gasteiger partial charge in [0.1, 0.15) is 5.82 Å². The molecule has 0 bridgehead atoms. The largest absolute Gasteiger partial charge is 0.297 e. The molecule has 2 fully saturated rings. The van der Waals surface area contributed by atoms with Crippen LogP contribution in [-0.4, -0.2) is 37.7 Å². The zero-order chi connectivity index (χ0) is 17.5. The van der Waals surface area contributed by atoms with E-state index in [4.69, 9.17) is 4.98 Å². The van der Waals surface area contributed by atoms with Gasteiger partial charge >= 0.3 is 0 Å². The van der Waals surface area contributed by atoms with Crippen LogP contribution in [0.2, 0.25) is 0 Å². The molecule has 3 heterocycles. The molecule has 136 valence electrons. The minimum absolute atomic E-state index is 0.0639. The molecule has 2 aromatic heterocycles. The first-order valence-electron chi connectivity index (χ1n) is 9.89. The summed E-state index contributed by atoms with van der Waals surface area (Å²) in [6.45, 7) is 3.63. The molecule has 0 unspecified atom stereocenters. The lowest BCUT2D eigenvalue weighted by molar-refractivity contribution is 0.0751. The van der Waals surface area contributed by atoms with Crippen LogP contribution < -0.4 is 5.56 Å². The highest BCUT2D eigenvalue weighted by Crippen LogP contribution is 2.37. The van der Waals surface area contributed by atoms with Crippen molar-refractivity contribution in [2.24, 2.45) is 5.92 Å². The molecule has 1 saturated carbocycles. The Hall–Kier alpha value is -2.08. The summed E-state index contributed by atoms with van der Waals surface area (Å²) in [5.41, 5.74) is 3.49. The van der Waals surface area contributed by atoms with Crippen molar-refractivity contribution in [3.05, 3.63) is 51.5 Å². The standard InChI is InChI=1S/C20H25N5O/c26-19-9-16-3-1-2-4-18(16)23-25(19)12-14-10-24(11-14)13-17-7-8-21-20(22-17)15-5-6-15/h7-9,14-15H,1-6,10-13H2. The van der Waals surface area contributed by atoms with Gasteiger partial charge in [-0.2, -0.15) is 5.10 Å². The number of nitrogens with zero attached hydrogens (tertiary/aromatic N) is 5. The van der Waals surface area contributed by atoms with Gasteiger partial charge in [0.05, 0.1) is 17.9 Å². The molecule has 6 heteroatoms. The third-order valence-electron chi connectivity index (χ3n) is 5.80. The van der Waals surface area contributed by atoms with Crippen LogP contribution >= 0.6 is 0 Å². The molecule has 1 saturated heterocycles. The molecule has 0 spiro atoms. The Morgan fingerprint density at radius 2 is 2.00 bits per heavy atom. The van der Waals surface area contributed by atoms with Gasteiger partial charge in [0.2, 0.25) is 0 Å². The van der Waals surface area contributed by atoms with Crippen molar-refractivity contribution in [1.82, 2.24) is 24.6 Å². The Labute approximate surface area is 153 Å². The second kappa shape index (κ2) is 6.58. The van der Waals surface area contributed by atoms with Crippen molar-refractivity contribution in [3.63, 3.8) is 0 Å². The highest BCUT2D eigenvalue weighted by molar-refractivity contribution is 5.20. The monoisotopic (exact) mass is 351 g/mol. The fraction of sp³-hybridized carbons (Fsp3) is 0.600. The Morgan fingerprint density at radius 1 is 1.15 bits per heavy atom. The Morgan fingerprint density at radius 3 is 2.85 bits per heavy atom. The molecule has 5 rings (SSSR count). The van der Waals surface area contributed by atoms with E-state index in [-0.39, 0.29) is 5.56 Å². The predicted molar refractivity (Wildman–Crippen MR) is 97.9 cm³/mol. The number of hydrogen-bond acceptors (Lipinski definition) is 5. The second-order valence-electron chi connectivity index (χ2n) is 8.08. The van der Waals surface area contributed by atoms with Gasteiger partial charge in [-0.25, -0.2) is 14.6 Å². The lowest BCUT2D eigenvalue weighted by Gasteiger charge is -2.39. The molecule has 0 atom stereocenters. The maximum absolute atomic E-state index is 12.3. The number of rotatable bonds is 5. The average Bonchev–Trinajstić information content (AvgIpc) is 3.46.